The standard InChI is InChI=1S/C11H17NO5/c1-4-16-10(14)5-6-11(15)17-8-7-12(3)9(2)13/h5-6H,4,7-8H2,1-3H3/b6-5+. The van der Waals surface area contributed by atoms with Gasteiger partial charge in [0.1, 0.15) is 6.61 Å². The summed E-state index contributed by atoms with van der Waals surface area (Å²) >= 11 is 0. The maximum Gasteiger partial charge on any atom is 0.331 e. The lowest BCUT2D eigenvalue weighted by Crippen LogP contribution is -2.28. The minimum Gasteiger partial charge on any atom is -0.463 e. The Bertz CT molecular complexity index is 311. The molecule has 0 fully saturated rings. The van der Waals surface area contributed by atoms with Crippen LogP contribution in [0.2, 0.25) is 0 Å². The quantitative estimate of drug-likeness (QED) is 0.489. The minimum absolute atomic E-state index is 0.0854. The molecule has 1 amide bonds. The van der Waals surface area contributed by atoms with Crippen LogP contribution in [0, 0.1) is 0 Å². The first-order valence-corrected chi connectivity index (χ1v) is 5.20. The van der Waals surface area contributed by atoms with Crippen LogP contribution in [0.15, 0.2) is 12.2 Å². The molecule has 0 spiro atoms. The number of carbonyl (C=O) groups excluding carboxylic acids is 3. The Morgan fingerprint density at radius 2 is 1.65 bits per heavy atom. The first-order valence-electron chi connectivity index (χ1n) is 5.20. The van der Waals surface area contributed by atoms with Crippen LogP contribution in [-0.4, -0.2) is 49.6 Å². The van der Waals surface area contributed by atoms with E-state index in [1.807, 2.05) is 0 Å². The van der Waals surface area contributed by atoms with Gasteiger partial charge in [-0.15, -0.1) is 0 Å². The lowest BCUT2D eigenvalue weighted by atomic mass is 10.5. The minimum atomic E-state index is -0.644. The van der Waals surface area contributed by atoms with Gasteiger partial charge in [0.05, 0.1) is 13.2 Å². The van der Waals surface area contributed by atoms with E-state index in [1.165, 1.54) is 11.8 Å². The van der Waals surface area contributed by atoms with E-state index in [1.54, 1.807) is 14.0 Å². The van der Waals surface area contributed by atoms with Crippen LogP contribution in [0.4, 0.5) is 0 Å². The molecule has 0 radical (unpaired) electrons. The molecule has 0 saturated carbocycles. The highest BCUT2D eigenvalue weighted by molar-refractivity contribution is 5.91. The van der Waals surface area contributed by atoms with E-state index >= 15 is 0 Å². The van der Waals surface area contributed by atoms with Gasteiger partial charge in [-0.1, -0.05) is 0 Å². The van der Waals surface area contributed by atoms with Gasteiger partial charge in [0.2, 0.25) is 5.91 Å². The normalized spacial score (nSPS) is 10.1. The molecule has 0 aliphatic rings. The van der Waals surface area contributed by atoms with Crippen LogP contribution < -0.4 is 0 Å². The fourth-order valence-corrected chi connectivity index (χ4v) is 0.815. The van der Waals surface area contributed by atoms with Gasteiger partial charge in [-0.3, -0.25) is 4.79 Å². The molecule has 0 rings (SSSR count). The number of nitrogens with zero attached hydrogens (tertiary/aromatic N) is 1. The molecule has 0 aromatic carbocycles. The third-order valence-electron chi connectivity index (χ3n) is 1.85. The second kappa shape index (κ2) is 8.32. The van der Waals surface area contributed by atoms with Crippen molar-refractivity contribution in [2.24, 2.45) is 0 Å². The van der Waals surface area contributed by atoms with Gasteiger partial charge in [0.25, 0.3) is 0 Å². The van der Waals surface area contributed by atoms with E-state index in [2.05, 4.69) is 4.74 Å². The maximum absolute atomic E-state index is 11.1. The number of hydrogen-bond acceptors (Lipinski definition) is 5. The average Bonchev–Trinajstić information content (AvgIpc) is 2.26. The molecule has 0 aromatic rings. The molecule has 0 aliphatic carbocycles. The van der Waals surface area contributed by atoms with Gasteiger partial charge < -0.3 is 14.4 Å². The highest BCUT2D eigenvalue weighted by Gasteiger charge is 2.03. The fraction of sp³-hybridized carbons (Fsp3) is 0.545. The zero-order chi connectivity index (χ0) is 13.3. The van der Waals surface area contributed by atoms with Crippen LogP contribution in [0.5, 0.6) is 0 Å². The third-order valence-corrected chi connectivity index (χ3v) is 1.85. The summed E-state index contributed by atoms with van der Waals surface area (Å²) in [5.41, 5.74) is 0. The zero-order valence-electron chi connectivity index (χ0n) is 10.3. The monoisotopic (exact) mass is 243 g/mol. The smallest absolute Gasteiger partial charge is 0.331 e. The predicted octanol–water partition coefficient (Wildman–Crippen LogP) is 0.127. The Kier molecular flexibility index (Phi) is 7.41. The van der Waals surface area contributed by atoms with Crippen LogP contribution in [0.1, 0.15) is 13.8 Å². The van der Waals surface area contributed by atoms with Crippen molar-refractivity contribution >= 4 is 17.8 Å². The molecule has 6 nitrogen and oxygen atoms in total. The largest absolute Gasteiger partial charge is 0.463 e. The van der Waals surface area contributed by atoms with Crippen molar-refractivity contribution in [3.05, 3.63) is 12.2 Å². The highest BCUT2D eigenvalue weighted by Crippen LogP contribution is 1.88. The molecule has 0 atom stereocenters. The second-order valence-corrected chi connectivity index (χ2v) is 3.19. The van der Waals surface area contributed by atoms with Gasteiger partial charge in [-0.25, -0.2) is 9.59 Å². The third kappa shape index (κ3) is 8.01. The van der Waals surface area contributed by atoms with Gasteiger partial charge in [-0.05, 0) is 6.92 Å². The van der Waals surface area contributed by atoms with E-state index in [9.17, 15) is 14.4 Å². The molecule has 0 N–H and O–H groups in total. The molecular formula is C11H17NO5. The van der Waals surface area contributed by atoms with Gasteiger partial charge >= 0.3 is 11.9 Å². The van der Waals surface area contributed by atoms with Gasteiger partial charge in [-0.2, -0.15) is 0 Å². The van der Waals surface area contributed by atoms with Crippen molar-refractivity contribution in [1.29, 1.82) is 0 Å². The van der Waals surface area contributed by atoms with Crippen molar-refractivity contribution in [3.8, 4) is 0 Å². The number of esters is 2. The molecule has 17 heavy (non-hydrogen) atoms. The van der Waals surface area contributed by atoms with Crippen molar-refractivity contribution in [2.75, 3.05) is 26.8 Å². The van der Waals surface area contributed by atoms with E-state index < -0.39 is 11.9 Å². The van der Waals surface area contributed by atoms with Crippen molar-refractivity contribution < 1.29 is 23.9 Å². The van der Waals surface area contributed by atoms with Crippen LogP contribution >= 0.6 is 0 Å². The Hall–Kier alpha value is -1.85. The number of amides is 1. The number of ether oxygens (including phenoxy) is 2. The number of hydrogen-bond donors (Lipinski definition) is 0. The molecular weight excluding hydrogens is 226 g/mol. The van der Waals surface area contributed by atoms with Crippen LogP contribution in [0.3, 0.4) is 0 Å². The Labute approximate surface area is 100 Å². The molecule has 0 aliphatic heterocycles. The molecule has 0 bridgehead atoms. The molecule has 0 heterocycles. The summed E-state index contributed by atoms with van der Waals surface area (Å²) in [5, 5.41) is 0. The number of likely N-dealkylation sites (N-methyl/N-ethyl adjacent to an activating group) is 1. The highest BCUT2D eigenvalue weighted by atomic mass is 16.5. The van der Waals surface area contributed by atoms with E-state index in [0.29, 0.717) is 6.54 Å². The Balaban J connectivity index is 3.80. The van der Waals surface area contributed by atoms with Gasteiger partial charge in [0, 0.05) is 26.1 Å². The molecule has 96 valence electrons. The molecule has 0 saturated heterocycles. The fourth-order valence-electron chi connectivity index (χ4n) is 0.815. The lowest BCUT2D eigenvalue weighted by molar-refractivity contribution is -0.141. The van der Waals surface area contributed by atoms with E-state index in [4.69, 9.17) is 4.74 Å². The first-order chi connectivity index (χ1) is 7.97. The molecule has 0 unspecified atom stereocenters. The summed E-state index contributed by atoms with van der Waals surface area (Å²) < 4.78 is 9.34. The van der Waals surface area contributed by atoms with Crippen molar-refractivity contribution in [2.45, 2.75) is 13.8 Å². The molecule has 6 heteroatoms. The maximum atomic E-state index is 11.1. The summed E-state index contributed by atoms with van der Waals surface area (Å²) in [4.78, 5) is 34.2. The summed E-state index contributed by atoms with van der Waals surface area (Å²) in [7, 11) is 1.60. The predicted molar refractivity (Wildman–Crippen MR) is 60.0 cm³/mol. The Morgan fingerprint density at radius 3 is 2.12 bits per heavy atom. The number of carbonyl (C=O) groups is 3. The lowest BCUT2D eigenvalue weighted by Gasteiger charge is -2.13. The van der Waals surface area contributed by atoms with E-state index in [-0.39, 0.29) is 19.1 Å². The van der Waals surface area contributed by atoms with Crippen LogP contribution in [-0.2, 0) is 23.9 Å². The topological polar surface area (TPSA) is 72.9 Å². The summed E-state index contributed by atoms with van der Waals surface area (Å²) in [5.74, 6) is -1.34. The number of rotatable bonds is 6. The average molecular weight is 243 g/mol. The Morgan fingerprint density at radius 1 is 1.12 bits per heavy atom. The van der Waals surface area contributed by atoms with Gasteiger partial charge in [0.15, 0.2) is 0 Å². The van der Waals surface area contributed by atoms with Crippen LogP contribution in [0.25, 0.3) is 0 Å². The zero-order valence-corrected chi connectivity index (χ0v) is 10.3. The summed E-state index contributed by atoms with van der Waals surface area (Å²) in [6.45, 7) is 3.74. The van der Waals surface area contributed by atoms with Crippen molar-refractivity contribution in [1.82, 2.24) is 4.90 Å². The summed E-state index contributed by atoms with van der Waals surface area (Å²) in [6.07, 6.45) is 1.99. The summed E-state index contributed by atoms with van der Waals surface area (Å²) in [6, 6.07) is 0. The first kappa shape index (κ1) is 15.2. The second-order valence-electron chi connectivity index (χ2n) is 3.19. The SMILES string of the molecule is CCOC(=O)/C=C/C(=O)OCCN(C)C(C)=O. The van der Waals surface area contributed by atoms with Crippen molar-refractivity contribution in [3.63, 3.8) is 0 Å². The van der Waals surface area contributed by atoms with E-state index in [0.717, 1.165) is 12.2 Å². The molecule has 0 aromatic heterocycles.